The summed E-state index contributed by atoms with van der Waals surface area (Å²) in [6.07, 6.45) is 0.934. The van der Waals surface area contributed by atoms with E-state index in [1.165, 1.54) is 6.07 Å². The standard InChI is InChI=1S/C18H18F2N2O2.ClH/c19-16-7-6-15(12-17(16)20)24-14-4-2-13(3-5-14)18(23)22-10-1-8-21-9-11-22;/h2-7,12,21H,1,8-11H2;1H. The van der Waals surface area contributed by atoms with Crippen molar-refractivity contribution in [2.45, 2.75) is 6.42 Å². The molecule has 0 atom stereocenters. The SMILES string of the molecule is Cl.O=C(c1ccc(Oc2ccc(F)c(F)c2)cc1)N1CCCNCC1. The van der Waals surface area contributed by atoms with Gasteiger partial charge in [-0.05, 0) is 49.4 Å². The van der Waals surface area contributed by atoms with E-state index in [2.05, 4.69) is 5.32 Å². The zero-order valence-corrected chi connectivity index (χ0v) is 14.3. The van der Waals surface area contributed by atoms with Gasteiger partial charge < -0.3 is 15.0 Å². The summed E-state index contributed by atoms with van der Waals surface area (Å²) in [5, 5.41) is 3.26. The molecule has 134 valence electrons. The average Bonchev–Trinajstić information content (AvgIpc) is 2.88. The Kier molecular flexibility index (Phi) is 6.73. The maximum Gasteiger partial charge on any atom is 0.253 e. The molecule has 1 amide bonds. The van der Waals surface area contributed by atoms with Crippen LogP contribution in [0.2, 0.25) is 0 Å². The first-order chi connectivity index (χ1) is 11.6. The predicted octanol–water partition coefficient (Wildman–Crippen LogP) is 3.61. The molecule has 4 nitrogen and oxygen atoms in total. The van der Waals surface area contributed by atoms with Gasteiger partial charge in [0.05, 0.1) is 0 Å². The van der Waals surface area contributed by atoms with Gasteiger partial charge in [-0.1, -0.05) is 0 Å². The van der Waals surface area contributed by atoms with E-state index in [0.29, 0.717) is 17.9 Å². The first kappa shape index (κ1) is 19.1. The number of ether oxygens (including phenoxy) is 1. The maximum absolute atomic E-state index is 13.2. The molecule has 2 aromatic carbocycles. The van der Waals surface area contributed by atoms with Crippen molar-refractivity contribution >= 4 is 18.3 Å². The third-order valence-corrected chi connectivity index (χ3v) is 3.86. The van der Waals surface area contributed by atoms with Crippen LogP contribution in [-0.2, 0) is 0 Å². The van der Waals surface area contributed by atoms with Gasteiger partial charge in [0.25, 0.3) is 5.91 Å². The number of halogens is 3. The van der Waals surface area contributed by atoms with Gasteiger partial charge in [-0.25, -0.2) is 8.78 Å². The Bertz CT molecular complexity index is 718. The van der Waals surface area contributed by atoms with E-state index in [1.807, 2.05) is 4.90 Å². The Morgan fingerprint density at radius 3 is 2.40 bits per heavy atom. The molecular weight excluding hydrogens is 350 g/mol. The van der Waals surface area contributed by atoms with Gasteiger partial charge in [0.15, 0.2) is 11.6 Å². The largest absolute Gasteiger partial charge is 0.457 e. The lowest BCUT2D eigenvalue weighted by Gasteiger charge is -2.20. The molecule has 0 spiro atoms. The zero-order chi connectivity index (χ0) is 16.9. The van der Waals surface area contributed by atoms with Crippen molar-refractivity contribution in [2.75, 3.05) is 26.2 Å². The van der Waals surface area contributed by atoms with Crippen molar-refractivity contribution < 1.29 is 18.3 Å². The van der Waals surface area contributed by atoms with E-state index in [0.717, 1.165) is 38.2 Å². The molecule has 1 aliphatic rings. The zero-order valence-electron chi connectivity index (χ0n) is 13.5. The van der Waals surface area contributed by atoms with Gasteiger partial charge in [0, 0.05) is 31.3 Å². The molecule has 0 aliphatic carbocycles. The summed E-state index contributed by atoms with van der Waals surface area (Å²) >= 11 is 0. The highest BCUT2D eigenvalue weighted by atomic mass is 35.5. The van der Waals surface area contributed by atoms with E-state index in [-0.39, 0.29) is 24.1 Å². The van der Waals surface area contributed by atoms with Crippen LogP contribution in [0, 0.1) is 11.6 Å². The van der Waals surface area contributed by atoms with Gasteiger partial charge >= 0.3 is 0 Å². The number of rotatable bonds is 3. The summed E-state index contributed by atoms with van der Waals surface area (Å²) in [7, 11) is 0. The van der Waals surface area contributed by atoms with Crippen LogP contribution in [0.1, 0.15) is 16.8 Å². The number of nitrogens with one attached hydrogen (secondary N) is 1. The molecule has 25 heavy (non-hydrogen) atoms. The summed E-state index contributed by atoms with van der Waals surface area (Å²) in [6.45, 7) is 3.14. The predicted molar refractivity (Wildman–Crippen MR) is 93.5 cm³/mol. The van der Waals surface area contributed by atoms with Crippen molar-refractivity contribution in [1.82, 2.24) is 10.2 Å². The second-order valence-corrected chi connectivity index (χ2v) is 5.60. The third kappa shape index (κ3) is 4.90. The van der Waals surface area contributed by atoms with Crippen molar-refractivity contribution in [3.63, 3.8) is 0 Å². The molecule has 7 heteroatoms. The van der Waals surface area contributed by atoms with Crippen LogP contribution in [0.3, 0.4) is 0 Å². The topological polar surface area (TPSA) is 41.6 Å². The monoisotopic (exact) mass is 368 g/mol. The Morgan fingerprint density at radius 1 is 0.960 bits per heavy atom. The minimum atomic E-state index is -0.964. The van der Waals surface area contributed by atoms with Gasteiger partial charge in [-0.15, -0.1) is 12.4 Å². The first-order valence-electron chi connectivity index (χ1n) is 7.86. The van der Waals surface area contributed by atoms with Crippen LogP contribution in [0.4, 0.5) is 8.78 Å². The maximum atomic E-state index is 13.2. The molecule has 0 radical (unpaired) electrons. The van der Waals surface area contributed by atoms with Crippen LogP contribution in [0.25, 0.3) is 0 Å². The second-order valence-electron chi connectivity index (χ2n) is 5.60. The van der Waals surface area contributed by atoms with Crippen LogP contribution >= 0.6 is 12.4 Å². The number of hydrogen-bond donors (Lipinski definition) is 1. The fraction of sp³-hybridized carbons (Fsp3) is 0.278. The number of carbonyl (C=O) groups excluding carboxylic acids is 1. The summed E-state index contributed by atoms with van der Waals surface area (Å²) in [4.78, 5) is 14.3. The molecule has 1 fully saturated rings. The number of benzene rings is 2. The van der Waals surface area contributed by atoms with E-state index in [1.54, 1.807) is 24.3 Å². The van der Waals surface area contributed by atoms with E-state index >= 15 is 0 Å². The summed E-state index contributed by atoms with van der Waals surface area (Å²) in [5.74, 6) is -1.25. The Balaban J connectivity index is 0.00000225. The van der Waals surface area contributed by atoms with E-state index < -0.39 is 11.6 Å². The number of carbonyl (C=O) groups is 1. The van der Waals surface area contributed by atoms with Crippen LogP contribution in [0.15, 0.2) is 42.5 Å². The summed E-state index contributed by atoms with van der Waals surface area (Å²) < 4.78 is 31.6. The highest BCUT2D eigenvalue weighted by Crippen LogP contribution is 2.23. The molecule has 0 bridgehead atoms. The lowest BCUT2D eigenvalue weighted by atomic mass is 10.2. The van der Waals surface area contributed by atoms with Crippen LogP contribution in [0.5, 0.6) is 11.5 Å². The first-order valence-corrected chi connectivity index (χ1v) is 7.86. The van der Waals surface area contributed by atoms with Gasteiger partial charge in [0.1, 0.15) is 11.5 Å². The molecule has 0 unspecified atom stereocenters. The van der Waals surface area contributed by atoms with Gasteiger partial charge in [-0.3, -0.25) is 4.79 Å². The van der Waals surface area contributed by atoms with Gasteiger partial charge in [0.2, 0.25) is 0 Å². The van der Waals surface area contributed by atoms with Gasteiger partial charge in [-0.2, -0.15) is 0 Å². The molecule has 1 heterocycles. The van der Waals surface area contributed by atoms with E-state index in [9.17, 15) is 13.6 Å². The third-order valence-electron chi connectivity index (χ3n) is 3.86. The molecule has 3 rings (SSSR count). The molecule has 0 aromatic heterocycles. The van der Waals surface area contributed by atoms with Crippen molar-refractivity contribution in [3.05, 3.63) is 59.7 Å². The Hall–Kier alpha value is -2.18. The number of nitrogens with zero attached hydrogens (tertiary/aromatic N) is 1. The Labute approximate surface area is 151 Å². The molecule has 1 aliphatic heterocycles. The molecule has 0 saturated carbocycles. The molecular formula is C18H19ClF2N2O2. The molecule has 2 aromatic rings. The minimum Gasteiger partial charge on any atom is -0.457 e. The Morgan fingerprint density at radius 2 is 1.68 bits per heavy atom. The highest BCUT2D eigenvalue weighted by molar-refractivity contribution is 5.94. The minimum absolute atomic E-state index is 0. The van der Waals surface area contributed by atoms with Crippen molar-refractivity contribution in [2.24, 2.45) is 0 Å². The average molecular weight is 369 g/mol. The second kappa shape index (κ2) is 8.78. The molecule has 1 saturated heterocycles. The summed E-state index contributed by atoms with van der Waals surface area (Å²) in [5.41, 5.74) is 0.578. The molecule has 1 N–H and O–H groups in total. The normalized spacial score (nSPS) is 14.4. The number of hydrogen-bond acceptors (Lipinski definition) is 3. The summed E-state index contributed by atoms with van der Waals surface area (Å²) in [6, 6.07) is 9.98. The fourth-order valence-electron chi connectivity index (χ4n) is 2.57. The van der Waals surface area contributed by atoms with E-state index in [4.69, 9.17) is 4.74 Å². The lowest BCUT2D eigenvalue weighted by molar-refractivity contribution is 0.0766. The fourth-order valence-corrected chi connectivity index (χ4v) is 2.57. The van der Waals surface area contributed by atoms with Crippen LogP contribution in [-0.4, -0.2) is 37.0 Å². The number of amides is 1. The lowest BCUT2D eigenvalue weighted by Crippen LogP contribution is -2.34. The van der Waals surface area contributed by atoms with Crippen molar-refractivity contribution in [1.29, 1.82) is 0 Å². The highest BCUT2D eigenvalue weighted by Gasteiger charge is 2.17. The smallest absolute Gasteiger partial charge is 0.253 e. The van der Waals surface area contributed by atoms with Crippen molar-refractivity contribution in [3.8, 4) is 11.5 Å². The quantitative estimate of drug-likeness (QED) is 0.899. The van der Waals surface area contributed by atoms with Crippen LogP contribution < -0.4 is 10.1 Å².